The quantitative estimate of drug-likeness (QED) is 0.634. The molecule has 0 saturated carbocycles. The molecule has 1 saturated heterocycles. The van der Waals surface area contributed by atoms with Gasteiger partial charge in [0.05, 0.1) is 6.20 Å². The lowest BCUT2D eigenvalue weighted by Crippen LogP contribution is -2.43. The molecule has 1 aliphatic rings. The van der Waals surface area contributed by atoms with Crippen molar-refractivity contribution in [3.8, 4) is 0 Å². The van der Waals surface area contributed by atoms with Crippen molar-refractivity contribution < 1.29 is 0 Å². The van der Waals surface area contributed by atoms with Crippen molar-refractivity contribution in [1.82, 2.24) is 29.9 Å². The molecule has 3 N–H and O–H groups in total. The van der Waals surface area contributed by atoms with Crippen molar-refractivity contribution in [2.24, 2.45) is 5.92 Å². The maximum Gasteiger partial charge on any atom is 0.229 e. The first-order chi connectivity index (χ1) is 12.7. The summed E-state index contributed by atoms with van der Waals surface area (Å²) in [6.45, 7) is 4.22. The third-order valence-electron chi connectivity index (χ3n) is 4.75. The molecule has 3 aromatic heterocycles. The van der Waals surface area contributed by atoms with Crippen LogP contribution in [0.5, 0.6) is 0 Å². The van der Waals surface area contributed by atoms with Crippen LogP contribution in [-0.2, 0) is 0 Å². The Morgan fingerprint density at radius 2 is 2.35 bits per heavy atom. The van der Waals surface area contributed by atoms with E-state index in [0.29, 0.717) is 28.7 Å². The first-order valence-electron chi connectivity index (χ1n) is 8.79. The predicted octanol–water partition coefficient (Wildman–Crippen LogP) is 2.72. The highest BCUT2D eigenvalue weighted by Gasteiger charge is 2.24. The van der Waals surface area contributed by atoms with Gasteiger partial charge in [0.15, 0.2) is 11.5 Å². The molecule has 0 bridgehead atoms. The molecule has 9 heteroatoms. The summed E-state index contributed by atoms with van der Waals surface area (Å²) in [5.41, 5.74) is 1.59. The van der Waals surface area contributed by atoms with E-state index in [4.69, 9.17) is 11.6 Å². The number of piperidine rings is 1. The minimum Gasteiger partial charge on any atom is -0.366 e. The van der Waals surface area contributed by atoms with Crippen LogP contribution >= 0.6 is 11.6 Å². The molecule has 0 radical (unpaired) electrons. The van der Waals surface area contributed by atoms with Crippen molar-refractivity contribution in [3.05, 3.63) is 35.9 Å². The molecule has 8 nitrogen and oxygen atoms in total. The Bertz CT molecular complexity index is 895. The molecule has 3 aromatic rings. The molecule has 0 spiro atoms. The van der Waals surface area contributed by atoms with Crippen molar-refractivity contribution in [1.29, 1.82) is 0 Å². The third kappa shape index (κ3) is 3.56. The van der Waals surface area contributed by atoms with Gasteiger partial charge in [-0.1, -0.05) is 24.9 Å². The van der Waals surface area contributed by atoms with Gasteiger partial charge >= 0.3 is 0 Å². The predicted molar refractivity (Wildman–Crippen MR) is 102 cm³/mol. The summed E-state index contributed by atoms with van der Waals surface area (Å²) < 4.78 is 1.84. The summed E-state index contributed by atoms with van der Waals surface area (Å²) in [4.78, 5) is 8.85. The number of aromatic nitrogens is 5. The summed E-state index contributed by atoms with van der Waals surface area (Å²) in [7, 11) is 0. The highest BCUT2D eigenvalue weighted by Crippen LogP contribution is 2.26. The van der Waals surface area contributed by atoms with Crippen LogP contribution in [0, 0.1) is 5.92 Å². The Kier molecular flexibility index (Phi) is 4.85. The molecule has 0 aromatic carbocycles. The van der Waals surface area contributed by atoms with E-state index in [-0.39, 0.29) is 0 Å². The third-order valence-corrected chi connectivity index (χ3v) is 5.03. The number of nitrogens with zero attached hydrogens (tertiary/aromatic N) is 5. The number of hydrogen-bond acceptors (Lipinski definition) is 7. The van der Waals surface area contributed by atoms with E-state index < -0.39 is 0 Å². The number of hydrogen-bond donors (Lipinski definition) is 3. The highest BCUT2D eigenvalue weighted by atomic mass is 35.5. The van der Waals surface area contributed by atoms with Gasteiger partial charge < -0.3 is 16.0 Å². The largest absolute Gasteiger partial charge is 0.366 e. The molecule has 0 aliphatic carbocycles. The minimum absolute atomic E-state index is 0.355. The van der Waals surface area contributed by atoms with Gasteiger partial charge in [0.25, 0.3) is 0 Å². The van der Waals surface area contributed by atoms with Gasteiger partial charge in [-0.3, -0.25) is 4.40 Å². The maximum absolute atomic E-state index is 6.32. The second-order valence-corrected chi connectivity index (χ2v) is 6.85. The van der Waals surface area contributed by atoms with Gasteiger partial charge in [-0.05, 0) is 31.5 Å². The van der Waals surface area contributed by atoms with Gasteiger partial charge in [-0.15, -0.1) is 10.2 Å². The number of halogens is 1. The van der Waals surface area contributed by atoms with E-state index in [1.807, 2.05) is 22.7 Å². The Hall–Kier alpha value is -2.45. The average Bonchev–Trinajstić information content (AvgIpc) is 3.13. The van der Waals surface area contributed by atoms with E-state index in [0.717, 1.165) is 37.3 Å². The second kappa shape index (κ2) is 7.43. The summed E-state index contributed by atoms with van der Waals surface area (Å²) >= 11 is 6.32. The van der Waals surface area contributed by atoms with E-state index >= 15 is 0 Å². The fraction of sp³-hybridized carbons (Fsp3) is 0.412. The topological polar surface area (TPSA) is 92.1 Å². The average molecular weight is 373 g/mol. The SMILES string of the molecule is CCC1CNCCC1Nc1nc(Nc2ccn3cnnc3c2)ncc1Cl. The fourth-order valence-electron chi connectivity index (χ4n) is 3.27. The van der Waals surface area contributed by atoms with E-state index in [1.54, 1.807) is 12.5 Å². The summed E-state index contributed by atoms with van der Waals surface area (Å²) in [6.07, 6.45) is 7.32. The number of fused-ring (bicyclic) bond motifs is 1. The molecule has 1 fully saturated rings. The molecular formula is C17H21ClN8. The Morgan fingerprint density at radius 3 is 3.23 bits per heavy atom. The smallest absolute Gasteiger partial charge is 0.229 e. The monoisotopic (exact) mass is 372 g/mol. The summed E-state index contributed by atoms with van der Waals surface area (Å²) in [6, 6.07) is 4.16. The molecular weight excluding hydrogens is 352 g/mol. The zero-order chi connectivity index (χ0) is 17.9. The Morgan fingerprint density at radius 1 is 1.42 bits per heavy atom. The molecule has 0 amide bonds. The number of nitrogens with one attached hydrogen (secondary N) is 3. The number of pyridine rings is 1. The van der Waals surface area contributed by atoms with Crippen LogP contribution in [0.3, 0.4) is 0 Å². The normalized spacial score (nSPS) is 20.2. The van der Waals surface area contributed by atoms with Gasteiger partial charge in [0, 0.05) is 24.0 Å². The molecule has 4 rings (SSSR count). The van der Waals surface area contributed by atoms with Crippen LogP contribution in [0.2, 0.25) is 5.02 Å². The standard InChI is InChI=1S/C17H21ClN8/c1-2-11-8-19-5-3-14(11)23-16-13(18)9-20-17(24-16)22-12-4-6-26-10-21-25-15(26)7-12/h4,6-7,9-11,14,19H,2-3,5,8H2,1H3,(H2,20,22,23,24). The zero-order valence-corrected chi connectivity index (χ0v) is 15.2. The zero-order valence-electron chi connectivity index (χ0n) is 14.5. The lowest BCUT2D eigenvalue weighted by atomic mass is 9.91. The molecule has 2 unspecified atom stereocenters. The van der Waals surface area contributed by atoms with Gasteiger partial charge in [0.1, 0.15) is 11.3 Å². The van der Waals surface area contributed by atoms with Crippen molar-refractivity contribution in [3.63, 3.8) is 0 Å². The number of rotatable bonds is 5. The molecule has 2 atom stereocenters. The molecule has 4 heterocycles. The number of anilines is 3. The molecule has 1 aliphatic heterocycles. The molecule has 136 valence electrons. The van der Waals surface area contributed by atoms with Gasteiger partial charge in [0.2, 0.25) is 5.95 Å². The minimum atomic E-state index is 0.355. The Balaban J connectivity index is 1.53. The first kappa shape index (κ1) is 17.0. The van der Waals surface area contributed by atoms with Gasteiger partial charge in [-0.2, -0.15) is 4.98 Å². The van der Waals surface area contributed by atoms with Crippen LogP contribution in [0.4, 0.5) is 17.5 Å². The summed E-state index contributed by atoms with van der Waals surface area (Å²) in [5.74, 6) is 1.71. The van der Waals surface area contributed by atoms with Gasteiger partial charge in [-0.25, -0.2) is 4.98 Å². The van der Waals surface area contributed by atoms with Crippen LogP contribution in [0.15, 0.2) is 30.9 Å². The van der Waals surface area contributed by atoms with Crippen LogP contribution in [0.25, 0.3) is 5.65 Å². The van der Waals surface area contributed by atoms with Crippen molar-refractivity contribution in [2.75, 3.05) is 23.7 Å². The highest BCUT2D eigenvalue weighted by molar-refractivity contribution is 6.32. The van der Waals surface area contributed by atoms with E-state index in [1.165, 1.54) is 0 Å². The first-order valence-corrected chi connectivity index (χ1v) is 9.17. The lowest BCUT2D eigenvalue weighted by Gasteiger charge is -2.32. The van der Waals surface area contributed by atoms with Crippen molar-refractivity contribution in [2.45, 2.75) is 25.8 Å². The summed E-state index contributed by atoms with van der Waals surface area (Å²) in [5, 5.41) is 18.6. The van der Waals surface area contributed by atoms with Crippen molar-refractivity contribution >= 4 is 34.7 Å². The maximum atomic E-state index is 6.32. The van der Waals surface area contributed by atoms with Crippen LogP contribution in [-0.4, -0.2) is 43.7 Å². The van der Waals surface area contributed by atoms with E-state index in [9.17, 15) is 0 Å². The Labute approximate surface area is 156 Å². The van der Waals surface area contributed by atoms with E-state index in [2.05, 4.69) is 43.0 Å². The second-order valence-electron chi connectivity index (χ2n) is 6.44. The molecule has 26 heavy (non-hydrogen) atoms. The van der Waals surface area contributed by atoms with Crippen LogP contribution in [0.1, 0.15) is 19.8 Å². The fourth-order valence-corrected chi connectivity index (χ4v) is 3.42. The lowest BCUT2D eigenvalue weighted by molar-refractivity contribution is 0.335. The van der Waals surface area contributed by atoms with Crippen LogP contribution < -0.4 is 16.0 Å².